The lowest BCUT2D eigenvalue weighted by atomic mass is 10.2. The van der Waals surface area contributed by atoms with Crippen LogP contribution in [0.3, 0.4) is 0 Å². The van der Waals surface area contributed by atoms with Crippen molar-refractivity contribution in [3.05, 3.63) is 23.9 Å². The lowest BCUT2D eigenvalue weighted by Crippen LogP contribution is -2.53. The number of nitrogens with zero attached hydrogens (tertiary/aromatic N) is 4. The van der Waals surface area contributed by atoms with Crippen molar-refractivity contribution in [2.45, 2.75) is 52.2 Å². The zero-order chi connectivity index (χ0) is 19.1. The van der Waals surface area contributed by atoms with Crippen LogP contribution in [-0.2, 0) is 11.3 Å². The van der Waals surface area contributed by atoms with Crippen molar-refractivity contribution in [3.8, 4) is 5.88 Å². The number of rotatable bonds is 5. The van der Waals surface area contributed by atoms with Crippen molar-refractivity contribution in [2.24, 2.45) is 4.99 Å². The van der Waals surface area contributed by atoms with E-state index in [-0.39, 0.29) is 12.0 Å². The zero-order valence-electron chi connectivity index (χ0n) is 16.5. The first-order chi connectivity index (χ1) is 13.2. The van der Waals surface area contributed by atoms with E-state index in [1.54, 1.807) is 13.1 Å². The van der Waals surface area contributed by atoms with Gasteiger partial charge in [0.05, 0.1) is 6.54 Å². The fourth-order valence-electron chi connectivity index (χ4n) is 3.63. The Morgan fingerprint density at radius 2 is 1.96 bits per heavy atom. The number of amides is 1. The van der Waals surface area contributed by atoms with Crippen LogP contribution >= 0.6 is 0 Å². The van der Waals surface area contributed by atoms with Crippen molar-refractivity contribution in [1.29, 1.82) is 0 Å². The Kier molecular flexibility index (Phi) is 6.90. The topological polar surface area (TPSA) is 70.1 Å². The third kappa shape index (κ3) is 5.34. The average molecular weight is 374 g/mol. The number of nitrogens with one attached hydrogen (secondary N) is 1. The van der Waals surface area contributed by atoms with E-state index in [0.717, 1.165) is 57.1 Å². The molecule has 1 aromatic rings. The minimum atomic E-state index is 0.139. The van der Waals surface area contributed by atoms with Gasteiger partial charge in [-0.25, -0.2) is 9.98 Å². The standard InChI is InChI=1S/C20H31N5O2/c1-3-21-20(25-13-11-24(12-14-25)16(2)26)23-15-17-7-6-10-22-19(17)27-18-8-4-5-9-18/h6-7,10,18H,3-5,8-9,11-15H2,1-2H3,(H,21,23). The van der Waals surface area contributed by atoms with E-state index in [1.165, 1.54) is 12.8 Å². The monoisotopic (exact) mass is 373 g/mol. The van der Waals surface area contributed by atoms with Crippen LogP contribution in [-0.4, -0.2) is 65.5 Å². The Bertz CT molecular complexity index is 650. The maximum absolute atomic E-state index is 11.5. The normalized spacial score (nSPS) is 18.7. The average Bonchev–Trinajstić information content (AvgIpc) is 3.19. The lowest BCUT2D eigenvalue weighted by Gasteiger charge is -2.36. The van der Waals surface area contributed by atoms with Gasteiger partial charge in [0.15, 0.2) is 5.96 Å². The predicted octanol–water partition coefficient (Wildman–Crippen LogP) is 2.03. The number of guanidine groups is 1. The summed E-state index contributed by atoms with van der Waals surface area (Å²) in [6.45, 7) is 8.11. The minimum Gasteiger partial charge on any atom is -0.474 e. The molecule has 2 fully saturated rings. The summed E-state index contributed by atoms with van der Waals surface area (Å²) >= 11 is 0. The second-order valence-corrected chi connectivity index (χ2v) is 7.16. The molecular formula is C20H31N5O2. The molecule has 27 heavy (non-hydrogen) atoms. The van der Waals surface area contributed by atoms with E-state index in [1.807, 2.05) is 17.0 Å². The molecule has 0 aromatic carbocycles. The molecule has 0 atom stereocenters. The number of aromatic nitrogens is 1. The van der Waals surface area contributed by atoms with Gasteiger partial charge in [0.2, 0.25) is 11.8 Å². The van der Waals surface area contributed by atoms with Crippen molar-refractivity contribution in [1.82, 2.24) is 20.1 Å². The zero-order valence-corrected chi connectivity index (χ0v) is 16.5. The van der Waals surface area contributed by atoms with E-state index in [0.29, 0.717) is 12.4 Å². The third-order valence-electron chi connectivity index (χ3n) is 5.19. The first kappa shape index (κ1) is 19.5. The van der Waals surface area contributed by atoms with Crippen LogP contribution in [0.25, 0.3) is 0 Å². The second kappa shape index (κ2) is 9.58. The lowest BCUT2D eigenvalue weighted by molar-refractivity contribution is -0.130. The number of piperazine rings is 1. The van der Waals surface area contributed by atoms with Crippen LogP contribution in [0.2, 0.25) is 0 Å². The highest BCUT2D eigenvalue weighted by molar-refractivity contribution is 5.80. The van der Waals surface area contributed by atoms with Crippen molar-refractivity contribution >= 4 is 11.9 Å². The molecule has 0 radical (unpaired) electrons. The molecule has 148 valence electrons. The Morgan fingerprint density at radius 3 is 2.63 bits per heavy atom. The minimum absolute atomic E-state index is 0.139. The maximum Gasteiger partial charge on any atom is 0.219 e. The molecule has 0 bridgehead atoms. The van der Waals surface area contributed by atoms with Crippen LogP contribution < -0.4 is 10.1 Å². The van der Waals surface area contributed by atoms with Gasteiger partial charge in [0.25, 0.3) is 0 Å². The van der Waals surface area contributed by atoms with Crippen LogP contribution in [0.1, 0.15) is 45.1 Å². The molecule has 3 rings (SSSR count). The Hall–Kier alpha value is -2.31. The molecule has 0 spiro atoms. The van der Waals surface area contributed by atoms with Gasteiger partial charge in [0, 0.05) is 51.4 Å². The molecule has 1 aliphatic heterocycles. The molecule has 1 amide bonds. The summed E-state index contributed by atoms with van der Waals surface area (Å²) in [7, 11) is 0. The number of carbonyl (C=O) groups excluding carboxylic acids is 1. The fourth-order valence-corrected chi connectivity index (χ4v) is 3.63. The molecule has 7 heteroatoms. The first-order valence-electron chi connectivity index (χ1n) is 10.1. The quantitative estimate of drug-likeness (QED) is 0.632. The van der Waals surface area contributed by atoms with Gasteiger partial charge in [-0.05, 0) is 38.7 Å². The Labute approximate surface area is 161 Å². The van der Waals surface area contributed by atoms with Crippen molar-refractivity contribution in [2.75, 3.05) is 32.7 Å². The van der Waals surface area contributed by atoms with Crippen LogP contribution in [0.5, 0.6) is 5.88 Å². The molecule has 1 saturated carbocycles. The molecule has 2 aliphatic rings. The molecule has 1 aromatic heterocycles. The third-order valence-corrected chi connectivity index (χ3v) is 5.19. The Balaban J connectivity index is 1.65. The van der Waals surface area contributed by atoms with Gasteiger partial charge >= 0.3 is 0 Å². The van der Waals surface area contributed by atoms with Crippen LogP contribution in [0.15, 0.2) is 23.3 Å². The highest BCUT2D eigenvalue weighted by Crippen LogP contribution is 2.25. The predicted molar refractivity (Wildman–Crippen MR) is 106 cm³/mol. The maximum atomic E-state index is 11.5. The summed E-state index contributed by atoms with van der Waals surface area (Å²) in [5.41, 5.74) is 1.02. The molecule has 7 nitrogen and oxygen atoms in total. The number of hydrogen-bond acceptors (Lipinski definition) is 4. The summed E-state index contributed by atoms with van der Waals surface area (Å²) in [5, 5.41) is 3.37. The largest absolute Gasteiger partial charge is 0.474 e. The molecule has 2 heterocycles. The van der Waals surface area contributed by atoms with E-state index < -0.39 is 0 Å². The number of pyridine rings is 1. The molecule has 1 N–H and O–H groups in total. The number of aliphatic imine (C=N–C) groups is 1. The van der Waals surface area contributed by atoms with E-state index in [4.69, 9.17) is 9.73 Å². The van der Waals surface area contributed by atoms with E-state index >= 15 is 0 Å². The molecular weight excluding hydrogens is 342 g/mol. The van der Waals surface area contributed by atoms with Crippen LogP contribution in [0, 0.1) is 0 Å². The summed E-state index contributed by atoms with van der Waals surface area (Å²) in [5.74, 6) is 1.74. The second-order valence-electron chi connectivity index (χ2n) is 7.16. The van der Waals surface area contributed by atoms with Crippen molar-refractivity contribution in [3.63, 3.8) is 0 Å². The van der Waals surface area contributed by atoms with Crippen molar-refractivity contribution < 1.29 is 9.53 Å². The summed E-state index contributed by atoms with van der Waals surface area (Å²) in [6.07, 6.45) is 6.77. The highest BCUT2D eigenvalue weighted by Gasteiger charge is 2.21. The number of ether oxygens (including phenoxy) is 1. The van der Waals surface area contributed by atoms with E-state index in [9.17, 15) is 4.79 Å². The van der Waals surface area contributed by atoms with Gasteiger partial charge in [-0.2, -0.15) is 0 Å². The van der Waals surface area contributed by atoms with Gasteiger partial charge in [-0.15, -0.1) is 0 Å². The smallest absolute Gasteiger partial charge is 0.219 e. The van der Waals surface area contributed by atoms with Gasteiger partial charge in [-0.1, -0.05) is 6.07 Å². The summed E-state index contributed by atoms with van der Waals surface area (Å²) < 4.78 is 6.13. The van der Waals surface area contributed by atoms with E-state index in [2.05, 4.69) is 22.1 Å². The number of carbonyl (C=O) groups is 1. The van der Waals surface area contributed by atoms with Gasteiger partial charge < -0.3 is 19.9 Å². The molecule has 0 unspecified atom stereocenters. The number of hydrogen-bond donors (Lipinski definition) is 1. The fraction of sp³-hybridized carbons (Fsp3) is 0.650. The van der Waals surface area contributed by atoms with Crippen LogP contribution in [0.4, 0.5) is 0 Å². The Morgan fingerprint density at radius 1 is 1.26 bits per heavy atom. The first-order valence-corrected chi connectivity index (χ1v) is 10.1. The molecule has 1 aliphatic carbocycles. The summed E-state index contributed by atoms with van der Waals surface area (Å²) in [4.78, 5) is 24.9. The van der Waals surface area contributed by atoms with Gasteiger partial charge in [0.1, 0.15) is 6.10 Å². The molecule has 1 saturated heterocycles. The van der Waals surface area contributed by atoms with Gasteiger partial charge in [-0.3, -0.25) is 4.79 Å². The SMILES string of the molecule is CCNC(=NCc1cccnc1OC1CCCC1)N1CCN(C(C)=O)CC1. The highest BCUT2D eigenvalue weighted by atomic mass is 16.5. The summed E-state index contributed by atoms with van der Waals surface area (Å²) in [6, 6.07) is 3.98.